The quantitative estimate of drug-likeness (QED) is 0.578. The Morgan fingerprint density at radius 3 is 2.62 bits per heavy atom. The van der Waals surface area contributed by atoms with Gasteiger partial charge in [0.2, 0.25) is 0 Å². The summed E-state index contributed by atoms with van der Waals surface area (Å²) in [5, 5.41) is 0.618. The molecule has 1 aliphatic rings. The van der Waals surface area contributed by atoms with E-state index in [0.29, 0.717) is 35.9 Å². The molecule has 29 heavy (non-hydrogen) atoms. The van der Waals surface area contributed by atoms with Crippen molar-refractivity contribution in [3.8, 4) is 5.75 Å². The molecule has 0 bridgehead atoms. The smallest absolute Gasteiger partial charge is 0.254 e. The van der Waals surface area contributed by atoms with E-state index in [2.05, 4.69) is 6.92 Å². The Bertz CT molecular complexity index is 944. The van der Waals surface area contributed by atoms with Gasteiger partial charge in [-0.2, -0.15) is 0 Å². The van der Waals surface area contributed by atoms with E-state index in [1.54, 1.807) is 35.2 Å². The first kappa shape index (κ1) is 21.7. The fourth-order valence-electron chi connectivity index (χ4n) is 3.39. The zero-order valence-corrected chi connectivity index (χ0v) is 18.1. The van der Waals surface area contributed by atoms with Gasteiger partial charge in [-0.25, -0.2) is 8.42 Å². The van der Waals surface area contributed by atoms with E-state index in [4.69, 9.17) is 16.3 Å². The molecule has 0 unspecified atom stereocenters. The molecule has 3 rings (SSSR count). The zero-order valence-electron chi connectivity index (χ0n) is 16.5. The van der Waals surface area contributed by atoms with E-state index < -0.39 is 9.84 Å². The number of rotatable bonds is 8. The molecule has 1 aliphatic heterocycles. The molecule has 0 aliphatic carbocycles. The zero-order chi connectivity index (χ0) is 20.9. The maximum absolute atomic E-state index is 13.3. The second kappa shape index (κ2) is 9.63. The first-order chi connectivity index (χ1) is 13.9. The highest BCUT2D eigenvalue weighted by molar-refractivity contribution is 7.91. The molecular weight excluding hydrogens is 410 g/mol. The van der Waals surface area contributed by atoms with Gasteiger partial charge in [-0.15, -0.1) is 0 Å². The lowest BCUT2D eigenvalue weighted by molar-refractivity contribution is 0.0680. The summed E-state index contributed by atoms with van der Waals surface area (Å²) in [6.45, 7) is 3.02. The molecule has 0 radical (unpaired) electrons. The van der Waals surface area contributed by atoms with E-state index in [9.17, 15) is 13.2 Å². The van der Waals surface area contributed by atoms with Gasteiger partial charge >= 0.3 is 0 Å². The van der Waals surface area contributed by atoms with Crippen LogP contribution in [-0.4, -0.2) is 43.4 Å². The highest BCUT2D eigenvalue weighted by Crippen LogP contribution is 2.24. The largest absolute Gasteiger partial charge is 0.494 e. The van der Waals surface area contributed by atoms with Gasteiger partial charge in [0, 0.05) is 23.2 Å². The third-order valence-corrected chi connectivity index (χ3v) is 7.03. The number of nitrogens with zero attached hydrogens (tertiary/aromatic N) is 1. The molecule has 1 fully saturated rings. The van der Waals surface area contributed by atoms with Crippen LogP contribution in [0.15, 0.2) is 48.5 Å². The van der Waals surface area contributed by atoms with Gasteiger partial charge in [0.15, 0.2) is 9.84 Å². The Hall–Kier alpha value is -2.05. The number of ether oxygens (including phenoxy) is 1. The first-order valence-electron chi connectivity index (χ1n) is 9.86. The topological polar surface area (TPSA) is 63.7 Å². The molecule has 2 aromatic carbocycles. The minimum atomic E-state index is -3.12. The van der Waals surface area contributed by atoms with E-state index in [-0.39, 0.29) is 23.5 Å². The molecule has 1 heterocycles. The normalized spacial score (nSPS) is 17.8. The van der Waals surface area contributed by atoms with Gasteiger partial charge in [0.25, 0.3) is 5.91 Å². The Morgan fingerprint density at radius 1 is 1.21 bits per heavy atom. The third-order valence-electron chi connectivity index (χ3n) is 5.02. The number of sulfone groups is 1. The van der Waals surface area contributed by atoms with Crippen LogP contribution in [-0.2, 0) is 16.4 Å². The van der Waals surface area contributed by atoms with Crippen molar-refractivity contribution >= 4 is 27.3 Å². The van der Waals surface area contributed by atoms with Crippen molar-refractivity contribution in [2.45, 2.75) is 38.8 Å². The molecule has 1 amide bonds. The van der Waals surface area contributed by atoms with E-state index in [0.717, 1.165) is 18.4 Å². The van der Waals surface area contributed by atoms with Gasteiger partial charge in [-0.1, -0.05) is 43.1 Å². The maximum Gasteiger partial charge on any atom is 0.254 e. The molecule has 0 spiro atoms. The van der Waals surface area contributed by atoms with Crippen molar-refractivity contribution in [3.05, 3.63) is 64.7 Å². The second-order valence-electron chi connectivity index (χ2n) is 7.35. The van der Waals surface area contributed by atoms with Gasteiger partial charge in [-0.05, 0) is 48.7 Å². The number of carbonyl (C=O) groups is 1. The van der Waals surface area contributed by atoms with Gasteiger partial charge in [-0.3, -0.25) is 4.79 Å². The Morgan fingerprint density at radius 2 is 1.97 bits per heavy atom. The van der Waals surface area contributed by atoms with Gasteiger partial charge in [0.05, 0.1) is 18.1 Å². The molecule has 1 saturated heterocycles. The van der Waals surface area contributed by atoms with Crippen LogP contribution in [0.3, 0.4) is 0 Å². The molecule has 0 aromatic heterocycles. The Kier molecular flexibility index (Phi) is 7.19. The van der Waals surface area contributed by atoms with Crippen LogP contribution in [0.25, 0.3) is 0 Å². The number of hydrogen-bond acceptors (Lipinski definition) is 4. The molecule has 1 atom stereocenters. The second-order valence-corrected chi connectivity index (χ2v) is 10.0. The number of unbranched alkanes of at least 4 members (excludes halogenated alkanes) is 1. The lowest BCUT2D eigenvalue weighted by Gasteiger charge is -2.28. The number of benzene rings is 2. The van der Waals surface area contributed by atoms with Crippen LogP contribution in [0, 0.1) is 0 Å². The third kappa shape index (κ3) is 5.97. The number of amides is 1. The van der Waals surface area contributed by atoms with Crippen LogP contribution < -0.4 is 4.74 Å². The lowest BCUT2D eigenvalue weighted by Crippen LogP contribution is -2.40. The SMILES string of the molecule is CCCCOc1cccc(C(=O)N(Cc2ccc(Cl)cc2)[C@H]2CCS(=O)(=O)C2)c1. The summed E-state index contributed by atoms with van der Waals surface area (Å²) in [5.41, 5.74) is 1.40. The van der Waals surface area contributed by atoms with Gasteiger partial charge < -0.3 is 9.64 Å². The molecular formula is C22H26ClNO4S. The number of carbonyl (C=O) groups excluding carboxylic acids is 1. The average Bonchev–Trinajstić information content (AvgIpc) is 3.07. The summed E-state index contributed by atoms with van der Waals surface area (Å²) in [4.78, 5) is 15.0. The maximum atomic E-state index is 13.3. The highest BCUT2D eigenvalue weighted by Gasteiger charge is 2.35. The Labute approximate surface area is 177 Å². The number of hydrogen-bond donors (Lipinski definition) is 0. The minimum absolute atomic E-state index is 0.000972. The predicted molar refractivity (Wildman–Crippen MR) is 115 cm³/mol. The molecule has 156 valence electrons. The average molecular weight is 436 g/mol. The highest BCUT2D eigenvalue weighted by atomic mass is 35.5. The van der Waals surface area contributed by atoms with Crippen LogP contribution in [0.4, 0.5) is 0 Å². The molecule has 7 heteroatoms. The van der Waals surface area contributed by atoms with Gasteiger partial charge in [0.1, 0.15) is 5.75 Å². The van der Waals surface area contributed by atoms with Crippen molar-refractivity contribution in [1.82, 2.24) is 4.90 Å². The van der Waals surface area contributed by atoms with Crippen molar-refractivity contribution in [3.63, 3.8) is 0 Å². The molecule has 0 saturated carbocycles. The number of halogens is 1. The molecule has 0 N–H and O–H groups in total. The van der Waals surface area contributed by atoms with E-state index in [1.807, 2.05) is 18.2 Å². The lowest BCUT2D eigenvalue weighted by atomic mass is 10.1. The van der Waals surface area contributed by atoms with Crippen molar-refractivity contribution < 1.29 is 17.9 Å². The predicted octanol–water partition coefficient (Wildman–Crippen LogP) is 4.35. The van der Waals surface area contributed by atoms with Crippen LogP contribution in [0.2, 0.25) is 5.02 Å². The summed E-state index contributed by atoms with van der Waals surface area (Å²) >= 11 is 5.97. The van der Waals surface area contributed by atoms with Crippen LogP contribution in [0.5, 0.6) is 5.75 Å². The molecule has 2 aromatic rings. The van der Waals surface area contributed by atoms with Crippen LogP contribution >= 0.6 is 11.6 Å². The summed E-state index contributed by atoms with van der Waals surface area (Å²) in [6.07, 6.45) is 2.43. The fraction of sp³-hybridized carbons (Fsp3) is 0.409. The van der Waals surface area contributed by atoms with Crippen molar-refractivity contribution in [2.75, 3.05) is 18.1 Å². The Balaban J connectivity index is 1.84. The standard InChI is InChI=1S/C22H26ClNO4S/c1-2-3-12-28-21-6-4-5-18(14-21)22(25)24(20-11-13-29(26,27)16-20)15-17-7-9-19(23)10-8-17/h4-10,14,20H,2-3,11-13,15-16H2,1H3/t20-/m0/s1. The van der Waals surface area contributed by atoms with Crippen LogP contribution in [0.1, 0.15) is 42.1 Å². The summed E-state index contributed by atoms with van der Waals surface area (Å²) in [6, 6.07) is 14.0. The first-order valence-corrected chi connectivity index (χ1v) is 12.1. The fourth-order valence-corrected chi connectivity index (χ4v) is 5.25. The monoisotopic (exact) mass is 435 g/mol. The molecule has 5 nitrogen and oxygen atoms in total. The summed E-state index contributed by atoms with van der Waals surface area (Å²) < 4.78 is 29.8. The summed E-state index contributed by atoms with van der Waals surface area (Å²) in [5.74, 6) is 0.569. The summed E-state index contributed by atoms with van der Waals surface area (Å²) in [7, 11) is -3.12. The van der Waals surface area contributed by atoms with E-state index >= 15 is 0 Å². The van der Waals surface area contributed by atoms with Crippen molar-refractivity contribution in [2.24, 2.45) is 0 Å². The minimum Gasteiger partial charge on any atom is -0.494 e. The van der Waals surface area contributed by atoms with E-state index in [1.165, 1.54) is 0 Å². The van der Waals surface area contributed by atoms with Crippen molar-refractivity contribution in [1.29, 1.82) is 0 Å².